The monoisotopic (exact) mass is 365 g/mol. The highest BCUT2D eigenvalue weighted by molar-refractivity contribution is 5.88. The molecule has 0 spiro atoms. The van der Waals surface area contributed by atoms with Crippen molar-refractivity contribution in [2.75, 3.05) is 13.1 Å². The number of esters is 1. The fourth-order valence-electron chi connectivity index (χ4n) is 2.11. The Morgan fingerprint density at radius 3 is 1.92 bits per heavy atom. The number of rotatable bonds is 10. The maximum atomic E-state index is 11.5. The maximum Gasteiger partial charge on any atom is 0.338 e. The van der Waals surface area contributed by atoms with Gasteiger partial charge in [-0.25, -0.2) is 4.79 Å². The summed E-state index contributed by atoms with van der Waals surface area (Å²) >= 11 is 0. The molecule has 9 heteroatoms. The van der Waals surface area contributed by atoms with Crippen LogP contribution in [0.5, 0.6) is 5.75 Å². The average molecular weight is 365 g/mol. The Kier molecular flexibility index (Phi) is 7.48. The van der Waals surface area contributed by atoms with E-state index in [1.54, 1.807) is 0 Å². The lowest BCUT2D eigenvalue weighted by molar-refractivity contribution is -0.149. The van der Waals surface area contributed by atoms with E-state index in [4.69, 9.17) is 14.9 Å². The van der Waals surface area contributed by atoms with Crippen molar-refractivity contribution in [3.05, 3.63) is 42.0 Å². The summed E-state index contributed by atoms with van der Waals surface area (Å²) in [6, 6.07) is 4.58. The fraction of sp³-hybridized carbons (Fsp3) is 0.294. The summed E-state index contributed by atoms with van der Waals surface area (Å²) in [6.07, 6.45) is -0.120. The molecular weight excluding hydrogens is 346 g/mol. The Morgan fingerprint density at radius 1 is 1.04 bits per heavy atom. The summed E-state index contributed by atoms with van der Waals surface area (Å²) in [4.78, 5) is 45.6. The Bertz CT molecular complexity index is 694. The molecule has 1 aromatic rings. The lowest BCUT2D eigenvalue weighted by Gasteiger charge is -2.25. The van der Waals surface area contributed by atoms with Crippen LogP contribution in [0.1, 0.15) is 12.5 Å². The third kappa shape index (κ3) is 6.73. The number of benzene rings is 1. The highest BCUT2D eigenvalue weighted by Gasteiger charge is 2.29. The molecule has 0 aliphatic heterocycles. The summed E-state index contributed by atoms with van der Waals surface area (Å²) in [7, 11) is 0. The first-order valence-corrected chi connectivity index (χ1v) is 7.47. The van der Waals surface area contributed by atoms with E-state index >= 15 is 0 Å². The van der Waals surface area contributed by atoms with E-state index < -0.39 is 43.0 Å². The Hall–Kier alpha value is -3.20. The number of nitrogens with zero attached hydrogens (tertiary/aromatic N) is 1. The fourth-order valence-corrected chi connectivity index (χ4v) is 2.11. The summed E-state index contributed by atoms with van der Waals surface area (Å²) in [6.45, 7) is 3.50. The molecule has 0 amide bonds. The number of ether oxygens (including phenoxy) is 1. The van der Waals surface area contributed by atoms with E-state index in [9.17, 15) is 24.3 Å². The SMILES string of the molecule is C=C(C)C(=O)Oc1ccc(C[C@@H](C(=O)O)N(CC(=O)O)CC(=O)O)cc1. The molecule has 26 heavy (non-hydrogen) atoms. The van der Waals surface area contributed by atoms with Crippen molar-refractivity contribution in [1.29, 1.82) is 0 Å². The number of aliphatic carboxylic acids is 3. The van der Waals surface area contributed by atoms with Crippen LogP contribution in [0.3, 0.4) is 0 Å². The number of hydrogen-bond donors (Lipinski definition) is 3. The summed E-state index contributed by atoms with van der Waals surface area (Å²) in [5, 5.41) is 27.1. The molecule has 0 radical (unpaired) electrons. The van der Waals surface area contributed by atoms with Crippen LogP contribution in [0.4, 0.5) is 0 Å². The predicted molar refractivity (Wildman–Crippen MR) is 88.9 cm³/mol. The van der Waals surface area contributed by atoms with Crippen LogP contribution < -0.4 is 4.74 Å². The van der Waals surface area contributed by atoms with Crippen molar-refractivity contribution in [2.45, 2.75) is 19.4 Å². The molecule has 0 fully saturated rings. The van der Waals surface area contributed by atoms with E-state index in [0.29, 0.717) is 5.56 Å². The minimum atomic E-state index is -1.34. The van der Waals surface area contributed by atoms with E-state index in [2.05, 4.69) is 6.58 Å². The first-order valence-electron chi connectivity index (χ1n) is 7.47. The van der Waals surface area contributed by atoms with Gasteiger partial charge in [-0.2, -0.15) is 0 Å². The van der Waals surface area contributed by atoms with Gasteiger partial charge in [0.15, 0.2) is 0 Å². The van der Waals surface area contributed by atoms with Gasteiger partial charge in [-0.15, -0.1) is 0 Å². The number of carbonyl (C=O) groups excluding carboxylic acids is 1. The van der Waals surface area contributed by atoms with Gasteiger partial charge in [0.25, 0.3) is 0 Å². The van der Waals surface area contributed by atoms with E-state index in [0.717, 1.165) is 4.90 Å². The number of carboxylic acids is 3. The number of carboxylic acid groups (broad SMARTS) is 3. The first kappa shape index (κ1) is 20.8. The van der Waals surface area contributed by atoms with Gasteiger partial charge in [0.1, 0.15) is 11.8 Å². The van der Waals surface area contributed by atoms with Crippen molar-refractivity contribution < 1.29 is 39.2 Å². The molecular formula is C17H19NO8. The van der Waals surface area contributed by atoms with Gasteiger partial charge in [0, 0.05) is 5.57 Å². The van der Waals surface area contributed by atoms with Crippen molar-refractivity contribution >= 4 is 23.9 Å². The van der Waals surface area contributed by atoms with Crippen LogP contribution in [0.25, 0.3) is 0 Å². The molecule has 0 saturated heterocycles. The molecule has 0 aromatic heterocycles. The molecule has 140 valence electrons. The van der Waals surface area contributed by atoms with Crippen molar-refractivity contribution in [3.63, 3.8) is 0 Å². The summed E-state index contributed by atoms with van der Waals surface area (Å²) in [5.74, 6) is -4.37. The average Bonchev–Trinajstić information content (AvgIpc) is 2.52. The van der Waals surface area contributed by atoms with Crippen LogP contribution in [0, 0.1) is 0 Å². The van der Waals surface area contributed by atoms with Gasteiger partial charge >= 0.3 is 23.9 Å². The lowest BCUT2D eigenvalue weighted by atomic mass is 10.0. The molecule has 0 unspecified atom stereocenters. The van der Waals surface area contributed by atoms with Crippen LogP contribution in [-0.4, -0.2) is 63.2 Å². The standard InChI is InChI=1S/C17H19NO8/c1-10(2)17(25)26-12-5-3-11(4-6-12)7-13(16(23)24)18(8-14(19)20)9-15(21)22/h3-6,13H,1,7-9H2,2H3,(H,19,20)(H,21,22)(H,23,24)/t13-/m0/s1. The van der Waals surface area contributed by atoms with Crippen molar-refractivity contribution in [2.24, 2.45) is 0 Å². The Labute approximate surface area is 149 Å². The summed E-state index contributed by atoms with van der Waals surface area (Å²) in [5.41, 5.74) is 0.728. The largest absolute Gasteiger partial charge is 0.480 e. The van der Waals surface area contributed by atoms with Gasteiger partial charge in [0.2, 0.25) is 0 Å². The van der Waals surface area contributed by atoms with Crippen molar-refractivity contribution in [3.8, 4) is 5.75 Å². The topological polar surface area (TPSA) is 141 Å². The highest BCUT2D eigenvalue weighted by atomic mass is 16.5. The van der Waals surface area contributed by atoms with Crippen LogP contribution in [0.15, 0.2) is 36.4 Å². The van der Waals surface area contributed by atoms with Gasteiger partial charge in [-0.05, 0) is 31.0 Å². The third-order valence-electron chi connectivity index (χ3n) is 3.31. The highest BCUT2D eigenvalue weighted by Crippen LogP contribution is 2.16. The maximum absolute atomic E-state index is 11.5. The molecule has 1 rings (SSSR count). The molecule has 0 aliphatic carbocycles. The van der Waals surface area contributed by atoms with Crippen LogP contribution in [-0.2, 0) is 25.6 Å². The number of carbonyl (C=O) groups is 4. The van der Waals surface area contributed by atoms with Gasteiger partial charge < -0.3 is 20.1 Å². The smallest absolute Gasteiger partial charge is 0.338 e. The molecule has 3 N–H and O–H groups in total. The summed E-state index contributed by atoms with van der Waals surface area (Å²) < 4.78 is 5.02. The quantitative estimate of drug-likeness (QED) is 0.309. The molecule has 0 bridgehead atoms. The lowest BCUT2D eigenvalue weighted by Crippen LogP contribution is -2.47. The molecule has 0 aliphatic rings. The first-order chi connectivity index (χ1) is 12.1. The van der Waals surface area contributed by atoms with E-state index in [1.165, 1.54) is 31.2 Å². The Morgan fingerprint density at radius 2 is 1.54 bits per heavy atom. The third-order valence-corrected chi connectivity index (χ3v) is 3.31. The zero-order valence-corrected chi connectivity index (χ0v) is 14.0. The molecule has 1 atom stereocenters. The zero-order chi connectivity index (χ0) is 19.9. The molecule has 1 aromatic carbocycles. The second kappa shape index (κ2) is 9.33. The van der Waals surface area contributed by atoms with Crippen LogP contribution >= 0.6 is 0 Å². The van der Waals surface area contributed by atoms with Crippen LogP contribution in [0.2, 0.25) is 0 Å². The molecule has 0 heterocycles. The zero-order valence-electron chi connectivity index (χ0n) is 14.0. The predicted octanol–water partition coefficient (Wildman–Crippen LogP) is 0.635. The van der Waals surface area contributed by atoms with Gasteiger partial charge in [0.05, 0.1) is 13.1 Å². The molecule has 0 saturated carbocycles. The minimum Gasteiger partial charge on any atom is -0.480 e. The molecule has 9 nitrogen and oxygen atoms in total. The second-order valence-corrected chi connectivity index (χ2v) is 5.56. The van der Waals surface area contributed by atoms with Crippen molar-refractivity contribution in [1.82, 2.24) is 4.90 Å². The van der Waals surface area contributed by atoms with Gasteiger partial charge in [-0.1, -0.05) is 18.7 Å². The Balaban J connectivity index is 2.93. The number of hydrogen-bond acceptors (Lipinski definition) is 6. The second-order valence-electron chi connectivity index (χ2n) is 5.56. The van der Waals surface area contributed by atoms with E-state index in [1.807, 2.05) is 0 Å². The minimum absolute atomic E-state index is 0.120. The van der Waals surface area contributed by atoms with Gasteiger partial charge in [-0.3, -0.25) is 19.3 Å². The normalized spacial score (nSPS) is 11.6. The van der Waals surface area contributed by atoms with E-state index in [-0.39, 0.29) is 17.7 Å².